The molecule has 22 heavy (non-hydrogen) atoms. The Labute approximate surface area is 129 Å². The molecule has 2 saturated heterocycles. The molecule has 0 saturated carbocycles. The first-order valence-corrected chi connectivity index (χ1v) is 7.82. The highest BCUT2D eigenvalue weighted by Gasteiger charge is 2.39. The molecule has 1 atom stereocenters. The van der Waals surface area contributed by atoms with Crippen molar-refractivity contribution in [3.63, 3.8) is 0 Å². The van der Waals surface area contributed by atoms with E-state index in [1.54, 1.807) is 0 Å². The van der Waals surface area contributed by atoms with Crippen molar-refractivity contribution in [2.45, 2.75) is 24.7 Å². The van der Waals surface area contributed by atoms with Crippen LogP contribution in [0.1, 0.15) is 24.5 Å². The van der Waals surface area contributed by atoms with Crippen LogP contribution in [0.2, 0.25) is 0 Å². The van der Waals surface area contributed by atoms with Crippen molar-refractivity contribution in [2.24, 2.45) is 0 Å². The molecule has 4 rings (SSSR count). The molecule has 1 spiro atoms. The van der Waals surface area contributed by atoms with Crippen LogP contribution in [-0.2, 0) is 9.47 Å². The summed E-state index contributed by atoms with van der Waals surface area (Å²) in [5.74, 6) is 1.09. The molecule has 1 aromatic carbocycles. The lowest BCUT2D eigenvalue weighted by molar-refractivity contribution is -0.186. The summed E-state index contributed by atoms with van der Waals surface area (Å²) in [6.07, 6.45) is 1.19. The van der Waals surface area contributed by atoms with Gasteiger partial charge in [0.1, 0.15) is 0 Å². The quantitative estimate of drug-likeness (QED) is 0.908. The second-order valence-electron chi connectivity index (χ2n) is 6.04. The van der Waals surface area contributed by atoms with Gasteiger partial charge in [-0.3, -0.25) is 0 Å². The maximum absolute atomic E-state index is 10.5. The van der Waals surface area contributed by atoms with E-state index in [0.717, 1.165) is 37.2 Å². The molecule has 0 bridgehead atoms. The van der Waals surface area contributed by atoms with E-state index in [9.17, 15) is 5.11 Å². The molecule has 6 heteroatoms. The molecule has 0 aliphatic carbocycles. The topological polar surface area (TPSA) is 60.4 Å². The largest absolute Gasteiger partial charge is 0.454 e. The van der Waals surface area contributed by atoms with Crippen molar-refractivity contribution < 1.29 is 24.1 Å². The van der Waals surface area contributed by atoms with Crippen molar-refractivity contribution >= 4 is 0 Å². The minimum atomic E-state index is -0.533. The summed E-state index contributed by atoms with van der Waals surface area (Å²) in [6.45, 7) is 4.00. The minimum Gasteiger partial charge on any atom is -0.454 e. The third kappa shape index (κ3) is 2.67. The predicted molar refractivity (Wildman–Crippen MR) is 77.8 cm³/mol. The van der Waals surface area contributed by atoms with E-state index in [0.29, 0.717) is 25.5 Å². The Balaban J connectivity index is 1.35. The molecule has 1 aromatic rings. The SMILES string of the molecule is OC(CN1CCC2(CC1)OCCO2)c1ccc2c(c1)OCO2. The number of benzene rings is 1. The van der Waals surface area contributed by atoms with Gasteiger partial charge in [0.15, 0.2) is 17.3 Å². The number of fused-ring (bicyclic) bond motifs is 1. The molecule has 3 heterocycles. The zero-order valence-corrected chi connectivity index (χ0v) is 12.5. The van der Waals surface area contributed by atoms with Crippen LogP contribution in [0.3, 0.4) is 0 Å². The maximum Gasteiger partial charge on any atom is 0.231 e. The number of rotatable bonds is 3. The molecule has 3 aliphatic rings. The van der Waals surface area contributed by atoms with Crippen LogP contribution < -0.4 is 9.47 Å². The van der Waals surface area contributed by atoms with Gasteiger partial charge in [-0.15, -0.1) is 0 Å². The van der Waals surface area contributed by atoms with E-state index >= 15 is 0 Å². The van der Waals surface area contributed by atoms with E-state index in [-0.39, 0.29) is 12.6 Å². The Kier molecular flexibility index (Phi) is 3.69. The van der Waals surface area contributed by atoms with Crippen LogP contribution >= 0.6 is 0 Å². The van der Waals surface area contributed by atoms with Gasteiger partial charge in [0, 0.05) is 32.5 Å². The fraction of sp³-hybridized carbons (Fsp3) is 0.625. The maximum atomic E-state index is 10.5. The Hall–Kier alpha value is -1.34. The first kappa shape index (κ1) is 14.3. The number of likely N-dealkylation sites (tertiary alicyclic amines) is 1. The molecule has 1 unspecified atom stereocenters. The van der Waals surface area contributed by atoms with Gasteiger partial charge in [-0.1, -0.05) is 6.07 Å². The molecule has 0 amide bonds. The second-order valence-corrected chi connectivity index (χ2v) is 6.04. The smallest absolute Gasteiger partial charge is 0.231 e. The molecular formula is C16H21NO5. The van der Waals surface area contributed by atoms with Gasteiger partial charge in [0.25, 0.3) is 0 Å². The highest BCUT2D eigenvalue weighted by atomic mass is 16.7. The van der Waals surface area contributed by atoms with Gasteiger partial charge in [-0.05, 0) is 17.7 Å². The number of ether oxygens (including phenoxy) is 4. The first-order chi connectivity index (χ1) is 10.7. The zero-order chi connectivity index (χ0) is 15.0. The third-order valence-electron chi connectivity index (χ3n) is 4.64. The van der Waals surface area contributed by atoms with Crippen LogP contribution in [-0.4, -0.2) is 55.4 Å². The molecule has 1 N–H and O–H groups in total. The monoisotopic (exact) mass is 307 g/mol. The van der Waals surface area contributed by atoms with Crippen molar-refractivity contribution in [2.75, 3.05) is 39.6 Å². The van der Waals surface area contributed by atoms with Crippen molar-refractivity contribution in [3.8, 4) is 11.5 Å². The summed E-state index contributed by atoms with van der Waals surface area (Å²) in [6, 6.07) is 5.61. The Morgan fingerprint density at radius 2 is 1.82 bits per heavy atom. The summed E-state index contributed by atoms with van der Waals surface area (Å²) in [4.78, 5) is 2.26. The van der Waals surface area contributed by atoms with E-state index < -0.39 is 6.10 Å². The van der Waals surface area contributed by atoms with Crippen molar-refractivity contribution in [3.05, 3.63) is 23.8 Å². The lowest BCUT2D eigenvalue weighted by Crippen LogP contribution is -2.46. The Morgan fingerprint density at radius 1 is 1.09 bits per heavy atom. The molecule has 0 radical (unpaired) electrons. The molecular weight excluding hydrogens is 286 g/mol. The van der Waals surface area contributed by atoms with Gasteiger partial charge in [-0.25, -0.2) is 0 Å². The van der Waals surface area contributed by atoms with E-state index in [1.807, 2.05) is 18.2 Å². The lowest BCUT2D eigenvalue weighted by Gasteiger charge is -2.38. The van der Waals surface area contributed by atoms with Gasteiger partial charge < -0.3 is 29.0 Å². The van der Waals surface area contributed by atoms with Crippen molar-refractivity contribution in [1.29, 1.82) is 0 Å². The van der Waals surface area contributed by atoms with Gasteiger partial charge in [0.05, 0.1) is 19.3 Å². The molecule has 6 nitrogen and oxygen atoms in total. The summed E-state index contributed by atoms with van der Waals surface area (Å²) in [5.41, 5.74) is 0.859. The number of nitrogens with zero attached hydrogens (tertiary/aromatic N) is 1. The minimum absolute atomic E-state index is 0.253. The fourth-order valence-electron chi connectivity index (χ4n) is 3.33. The highest BCUT2D eigenvalue weighted by molar-refractivity contribution is 5.45. The summed E-state index contributed by atoms with van der Waals surface area (Å²) < 4.78 is 22.1. The summed E-state index contributed by atoms with van der Waals surface area (Å²) >= 11 is 0. The van der Waals surface area contributed by atoms with Crippen molar-refractivity contribution in [1.82, 2.24) is 4.90 Å². The zero-order valence-electron chi connectivity index (χ0n) is 12.5. The van der Waals surface area contributed by atoms with E-state index in [4.69, 9.17) is 18.9 Å². The second kappa shape index (κ2) is 5.70. The molecule has 0 aromatic heterocycles. The average molecular weight is 307 g/mol. The van der Waals surface area contributed by atoms with E-state index in [1.165, 1.54) is 0 Å². The van der Waals surface area contributed by atoms with Crippen LogP contribution in [0.5, 0.6) is 11.5 Å². The van der Waals surface area contributed by atoms with Crippen LogP contribution in [0.25, 0.3) is 0 Å². The summed E-state index contributed by atoms with van der Waals surface area (Å²) in [7, 11) is 0. The van der Waals surface area contributed by atoms with Gasteiger partial charge in [-0.2, -0.15) is 0 Å². The van der Waals surface area contributed by atoms with Crippen LogP contribution in [0.4, 0.5) is 0 Å². The number of β-amino-alcohol motifs (C(OH)–C–C–N with tert-alkyl or cyclic N) is 1. The fourth-order valence-corrected chi connectivity index (χ4v) is 3.33. The van der Waals surface area contributed by atoms with Crippen LogP contribution in [0.15, 0.2) is 18.2 Å². The third-order valence-corrected chi connectivity index (χ3v) is 4.64. The number of hydrogen-bond acceptors (Lipinski definition) is 6. The summed E-state index contributed by atoms with van der Waals surface area (Å²) in [5, 5.41) is 10.5. The Morgan fingerprint density at radius 3 is 2.59 bits per heavy atom. The normalized spacial score (nSPS) is 24.8. The Bertz CT molecular complexity index is 533. The highest BCUT2D eigenvalue weighted by Crippen LogP contribution is 2.35. The van der Waals surface area contributed by atoms with Gasteiger partial charge in [0.2, 0.25) is 6.79 Å². The first-order valence-electron chi connectivity index (χ1n) is 7.82. The number of aliphatic hydroxyl groups is 1. The number of piperidine rings is 1. The average Bonchev–Trinajstić information content (AvgIpc) is 3.18. The van der Waals surface area contributed by atoms with Crippen LogP contribution in [0, 0.1) is 0 Å². The predicted octanol–water partition coefficient (Wildman–Crippen LogP) is 1.29. The standard InChI is InChI=1S/C16H21NO5/c18-13(12-1-2-14-15(9-12)20-11-19-14)10-17-5-3-16(4-6-17)21-7-8-22-16/h1-2,9,13,18H,3-8,10-11H2. The molecule has 2 fully saturated rings. The van der Waals surface area contributed by atoms with Gasteiger partial charge >= 0.3 is 0 Å². The molecule has 120 valence electrons. The van der Waals surface area contributed by atoms with E-state index in [2.05, 4.69) is 4.90 Å². The number of hydrogen-bond donors (Lipinski definition) is 1. The number of aliphatic hydroxyl groups excluding tert-OH is 1. The lowest BCUT2D eigenvalue weighted by atomic mass is 10.0. The molecule has 3 aliphatic heterocycles.